The molecule has 1 aliphatic carbocycles. The lowest BCUT2D eigenvalue weighted by atomic mass is 9.89. The lowest BCUT2D eigenvalue weighted by molar-refractivity contribution is -0.146. The van der Waals surface area contributed by atoms with Gasteiger partial charge in [0.25, 0.3) is 0 Å². The standard InChI is InChI=1S/C13H11NOS.C8H14O2/c15-9-12-6-7-14-8-13(12)16-10-11-4-2-1-3-5-11;1-10-8(9)7-5-3-2-4-6-7/h1-9H,10H2;7H,2-6H2,1H3. The molecule has 1 aliphatic rings. The average Bonchev–Trinajstić information content (AvgIpc) is 2.73. The van der Waals surface area contributed by atoms with Gasteiger partial charge in [-0.2, -0.15) is 0 Å². The molecule has 2 aromatic rings. The number of hydrogen-bond acceptors (Lipinski definition) is 5. The topological polar surface area (TPSA) is 56.3 Å². The van der Waals surface area contributed by atoms with Crippen LogP contribution in [0.2, 0.25) is 0 Å². The van der Waals surface area contributed by atoms with Crippen molar-refractivity contribution in [2.45, 2.75) is 42.8 Å². The second kappa shape index (κ2) is 11.5. The molecule has 5 heteroatoms. The number of aldehydes is 1. The molecule has 0 aliphatic heterocycles. The third kappa shape index (κ3) is 6.64. The van der Waals surface area contributed by atoms with Gasteiger partial charge >= 0.3 is 5.97 Å². The summed E-state index contributed by atoms with van der Waals surface area (Å²) in [5.74, 6) is 1.05. The molecule has 26 heavy (non-hydrogen) atoms. The van der Waals surface area contributed by atoms with E-state index < -0.39 is 0 Å². The van der Waals surface area contributed by atoms with Gasteiger partial charge in [-0.1, -0.05) is 49.6 Å². The van der Waals surface area contributed by atoms with E-state index in [4.69, 9.17) is 0 Å². The number of aromatic nitrogens is 1. The summed E-state index contributed by atoms with van der Waals surface area (Å²) < 4.78 is 4.65. The Morgan fingerprint density at radius 3 is 2.58 bits per heavy atom. The van der Waals surface area contributed by atoms with Gasteiger partial charge in [-0.05, 0) is 24.5 Å². The third-order valence-electron chi connectivity index (χ3n) is 4.32. The molecule has 1 aromatic heterocycles. The number of ether oxygens (including phenoxy) is 1. The fourth-order valence-electron chi connectivity index (χ4n) is 2.85. The first-order valence-electron chi connectivity index (χ1n) is 8.88. The summed E-state index contributed by atoms with van der Waals surface area (Å²) in [6, 6.07) is 11.9. The molecule has 0 N–H and O–H groups in total. The zero-order chi connectivity index (χ0) is 18.6. The minimum absolute atomic E-state index is 0.0142. The number of carbonyl (C=O) groups is 2. The summed E-state index contributed by atoms with van der Waals surface area (Å²) >= 11 is 1.63. The van der Waals surface area contributed by atoms with Crippen LogP contribution >= 0.6 is 11.8 Å². The predicted molar refractivity (Wildman–Crippen MR) is 104 cm³/mol. The molecule has 0 atom stereocenters. The Morgan fingerprint density at radius 2 is 1.92 bits per heavy atom. The van der Waals surface area contributed by atoms with Crippen LogP contribution in [0.4, 0.5) is 0 Å². The fraction of sp³-hybridized carbons (Fsp3) is 0.381. The molecule has 138 valence electrons. The van der Waals surface area contributed by atoms with Crippen molar-refractivity contribution in [2.75, 3.05) is 7.11 Å². The molecule has 1 aromatic carbocycles. The Hall–Kier alpha value is -2.14. The average molecular weight is 372 g/mol. The van der Waals surface area contributed by atoms with E-state index in [2.05, 4.69) is 21.9 Å². The number of methoxy groups -OCH3 is 1. The van der Waals surface area contributed by atoms with Gasteiger partial charge in [-0.3, -0.25) is 14.6 Å². The Kier molecular flexibility index (Phi) is 8.90. The summed E-state index contributed by atoms with van der Waals surface area (Å²) in [7, 11) is 1.47. The van der Waals surface area contributed by atoms with Crippen LogP contribution in [0.5, 0.6) is 0 Å². The Bertz CT molecular complexity index is 685. The van der Waals surface area contributed by atoms with Crippen molar-refractivity contribution >= 4 is 24.0 Å². The molecule has 0 spiro atoms. The Balaban J connectivity index is 0.000000209. The summed E-state index contributed by atoms with van der Waals surface area (Å²) in [5, 5.41) is 0. The number of pyridine rings is 1. The van der Waals surface area contributed by atoms with Gasteiger partial charge in [0.2, 0.25) is 0 Å². The quantitative estimate of drug-likeness (QED) is 0.424. The summed E-state index contributed by atoms with van der Waals surface area (Å²) in [5.41, 5.74) is 1.95. The van der Waals surface area contributed by atoms with Crippen LogP contribution in [0.15, 0.2) is 53.7 Å². The van der Waals surface area contributed by atoms with Crippen LogP contribution in [0.3, 0.4) is 0 Å². The highest BCUT2D eigenvalue weighted by Gasteiger charge is 2.20. The maximum Gasteiger partial charge on any atom is 0.308 e. The molecule has 4 nitrogen and oxygen atoms in total. The minimum Gasteiger partial charge on any atom is -0.469 e. The highest BCUT2D eigenvalue weighted by molar-refractivity contribution is 7.98. The Labute approximate surface area is 159 Å². The number of thioether (sulfide) groups is 1. The molecule has 1 heterocycles. The van der Waals surface area contributed by atoms with Crippen molar-refractivity contribution in [3.05, 3.63) is 59.9 Å². The normalized spacial score (nSPS) is 14.0. The molecule has 1 fully saturated rings. The zero-order valence-corrected chi connectivity index (χ0v) is 15.9. The van der Waals surface area contributed by atoms with Gasteiger partial charge in [0.1, 0.15) is 0 Å². The van der Waals surface area contributed by atoms with Crippen LogP contribution in [0, 0.1) is 5.92 Å². The monoisotopic (exact) mass is 371 g/mol. The van der Waals surface area contributed by atoms with Crippen LogP contribution in [0.1, 0.15) is 48.0 Å². The predicted octanol–water partition coefficient (Wildman–Crippen LogP) is 4.93. The second-order valence-electron chi connectivity index (χ2n) is 6.16. The van der Waals surface area contributed by atoms with Gasteiger partial charge in [-0.25, -0.2) is 0 Å². The van der Waals surface area contributed by atoms with Crippen LogP contribution in [0.25, 0.3) is 0 Å². The van der Waals surface area contributed by atoms with Crippen LogP contribution in [-0.2, 0) is 15.3 Å². The number of nitrogens with zero attached hydrogens (tertiary/aromatic N) is 1. The lowest BCUT2D eigenvalue weighted by Gasteiger charge is -2.18. The van der Waals surface area contributed by atoms with Gasteiger partial charge < -0.3 is 4.74 Å². The number of esters is 1. The molecule has 0 bridgehead atoms. The van der Waals surface area contributed by atoms with Crippen molar-refractivity contribution in [1.82, 2.24) is 4.98 Å². The van der Waals surface area contributed by atoms with E-state index >= 15 is 0 Å². The maximum absolute atomic E-state index is 10.9. The summed E-state index contributed by atoms with van der Waals surface area (Å²) in [4.78, 5) is 26.7. The van der Waals surface area contributed by atoms with Crippen molar-refractivity contribution in [1.29, 1.82) is 0 Å². The van der Waals surface area contributed by atoms with Crippen molar-refractivity contribution in [2.24, 2.45) is 5.92 Å². The number of hydrogen-bond donors (Lipinski definition) is 0. The molecule has 0 saturated heterocycles. The molecule has 0 amide bonds. The molecular weight excluding hydrogens is 346 g/mol. The highest BCUT2D eigenvalue weighted by Crippen LogP contribution is 2.25. The zero-order valence-electron chi connectivity index (χ0n) is 15.1. The van der Waals surface area contributed by atoms with E-state index in [1.807, 2.05) is 18.2 Å². The van der Waals surface area contributed by atoms with Crippen LogP contribution < -0.4 is 0 Å². The highest BCUT2D eigenvalue weighted by atomic mass is 32.2. The van der Waals surface area contributed by atoms with E-state index in [0.717, 1.165) is 29.8 Å². The van der Waals surface area contributed by atoms with Gasteiger partial charge in [0.05, 0.1) is 13.0 Å². The summed E-state index contributed by atoms with van der Waals surface area (Å²) in [6.45, 7) is 0. The van der Waals surface area contributed by atoms with Crippen molar-refractivity contribution in [3.63, 3.8) is 0 Å². The molecule has 1 saturated carbocycles. The van der Waals surface area contributed by atoms with E-state index in [1.54, 1.807) is 30.2 Å². The lowest BCUT2D eigenvalue weighted by Crippen LogP contribution is -2.18. The largest absolute Gasteiger partial charge is 0.469 e. The number of carbonyl (C=O) groups excluding carboxylic acids is 2. The van der Waals surface area contributed by atoms with E-state index in [0.29, 0.717) is 5.56 Å². The van der Waals surface area contributed by atoms with Gasteiger partial charge in [-0.15, -0.1) is 11.8 Å². The SMILES string of the molecule is COC(=O)C1CCCCC1.O=Cc1ccncc1SCc1ccccc1. The minimum atomic E-state index is -0.0142. The Morgan fingerprint density at radius 1 is 1.19 bits per heavy atom. The molecule has 0 unspecified atom stereocenters. The summed E-state index contributed by atoms with van der Waals surface area (Å²) in [6.07, 6.45) is 9.98. The molecule has 3 rings (SSSR count). The maximum atomic E-state index is 10.9. The number of rotatable bonds is 5. The smallest absolute Gasteiger partial charge is 0.308 e. The molecular formula is C21H25NO3S. The van der Waals surface area contributed by atoms with E-state index in [1.165, 1.54) is 31.9 Å². The van der Waals surface area contributed by atoms with Crippen molar-refractivity contribution in [3.8, 4) is 0 Å². The first-order valence-corrected chi connectivity index (χ1v) is 9.87. The van der Waals surface area contributed by atoms with Crippen molar-refractivity contribution < 1.29 is 14.3 Å². The van der Waals surface area contributed by atoms with Crippen LogP contribution in [-0.4, -0.2) is 24.3 Å². The van der Waals surface area contributed by atoms with Gasteiger partial charge in [0, 0.05) is 28.6 Å². The molecule has 0 radical (unpaired) electrons. The third-order valence-corrected chi connectivity index (χ3v) is 5.45. The second-order valence-corrected chi connectivity index (χ2v) is 7.18. The number of benzene rings is 1. The first kappa shape index (κ1) is 20.2. The first-order chi connectivity index (χ1) is 12.7. The van der Waals surface area contributed by atoms with Gasteiger partial charge in [0.15, 0.2) is 6.29 Å². The van der Waals surface area contributed by atoms with E-state index in [9.17, 15) is 9.59 Å². The van der Waals surface area contributed by atoms with E-state index in [-0.39, 0.29) is 11.9 Å². The fourth-order valence-corrected chi connectivity index (χ4v) is 3.78.